The SMILES string of the molecule is O=C(Nc1cccc(F)c1)c1nnc([C@H]2CCCN(S(=O)(=O)c3ccccc3)C2)s1. The van der Waals surface area contributed by atoms with Gasteiger partial charge < -0.3 is 5.32 Å². The number of sulfonamides is 1. The topological polar surface area (TPSA) is 92.3 Å². The van der Waals surface area contributed by atoms with E-state index < -0.39 is 21.7 Å². The molecule has 7 nitrogen and oxygen atoms in total. The minimum atomic E-state index is -3.58. The summed E-state index contributed by atoms with van der Waals surface area (Å²) in [5.74, 6) is -1.06. The van der Waals surface area contributed by atoms with Gasteiger partial charge in [0.15, 0.2) is 0 Å². The molecule has 2 aromatic carbocycles. The van der Waals surface area contributed by atoms with Crippen LogP contribution in [0.4, 0.5) is 10.1 Å². The first-order valence-corrected chi connectivity index (χ1v) is 11.6. The molecule has 0 spiro atoms. The Kier molecular flexibility index (Phi) is 5.89. The molecule has 1 fully saturated rings. The summed E-state index contributed by atoms with van der Waals surface area (Å²) in [6, 6.07) is 13.9. The van der Waals surface area contributed by atoms with Crippen LogP contribution in [0.2, 0.25) is 0 Å². The molecule has 0 bridgehead atoms. The molecule has 3 aromatic rings. The summed E-state index contributed by atoms with van der Waals surface area (Å²) in [5, 5.41) is 11.4. The van der Waals surface area contributed by atoms with Crippen molar-refractivity contribution in [1.82, 2.24) is 14.5 Å². The highest BCUT2D eigenvalue weighted by Gasteiger charge is 2.32. The molecule has 0 radical (unpaired) electrons. The molecule has 1 aliphatic rings. The molecule has 1 aromatic heterocycles. The van der Waals surface area contributed by atoms with Crippen LogP contribution in [0.15, 0.2) is 59.5 Å². The molecule has 1 N–H and O–H groups in total. The lowest BCUT2D eigenvalue weighted by molar-refractivity contribution is 0.102. The number of carbonyl (C=O) groups is 1. The maximum atomic E-state index is 13.3. The van der Waals surface area contributed by atoms with Gasteiger partial charge in [0.05, 0.1) is 4.90 Å². The van der Waals surface area contributed by atoms with Crippen molar-refractivity contribution in [2.75, 3.05) is 18.4 Å². The van der Waals surface area contributed by atoms with Crippen LogP contribution in [-0.2, 0) is 10.0 Å². The standard InChI is InChI=1S/C20H19FN4O3S2/c21-15-7-4-8-16(12-15)22-18(26)20-24-23-19(29-20)14-6-5-11-25(13-14)30(27,28)17-9-2-1-3-10-17/h1-4,7-10,12,14H,5-6,11,13H2,(H,22,26)/t14-/m0/s1. The normalized spacial score (nSPS) is 17.6. The minimum absolute atomic E-state index is 0.134. The lowest BCUT2D eigenvalue weighted by Gasteiger charge is -2.30. The Balaban J connectivity index is 1.47. The number of hydrogen-bond acceptors (Lipinski definition) is 6. The zero-order valence-electron chi connectivity index (χ0n) is 15.9. The number of rotatable bonds is 5. The zero-order valence-corrected chi connectivity index (χ0v) is 17.5. The third-order valence-electron chi connectivity index (χ3n) is 4.83. The van der Waals surface area contributed by atoms with Crippen molar-refractivity contribution in [1.29, 1.82) is 0 Å². The number of amides is 1. The van der Waals surface area contributed by atoms with Gasteiger partial charge in [-0.15, -0.1) is 10.2 Å². The molecular weight excluding hydrogens is 427 g/mol. The first-order chi connectivity index (χ1) is 14.4. The molecule has 156 valence electrons. The van der Waals surface area contributed by atoms with Crippen LogP contribution >= 0.6 is 11.3 Å². The fraction of sp³-hybridized carbons (Fsp3) is 0.250. The number of anilines is 1. The van der Waals surface area contributed by atoms with Gasteiger partial charge in [0, 0.05) is 24.7 Å². The molecule has 0 unspecified atom stereocenters. The maximum Gasteiger partial charge on any atom is 0.286 e. The number of carbonyl (C=O) groups excluding carboxylic acids is 1. The Morgan fingerprint density at radius 1 is 1.13 bits per heavy atom. The van der Waals surface area contributed by atoms with Gasteiger partial charge in [0.25, 0.3) is 5.91 Å². The molecule has 0 saturated carbocycles. The molecule has 1 atom stereocenters. The second-order valence-electron chi connectivity index (χ2n) is 6.93. The van der Waals surface area contributed by atoms with Gasteiger partial charge in [-0.25, -0.2) is 12.8 Å². The van der Waals surface area contributed by atoms with E-state index in [9.17, 15) is 17.6 Å². The van der Waals surface area contributed by atoms with Crippen molar-refractivity contribution in [2.45, 2.75) is 23.7 Å². The summed E-state index contributed by atoms with van der Waals surface area (Å²) in [6.07, 6.45) is 1.46. The van der Waals surface area contributed by atoms with Gasteiger partial charge in [0.2, 0.25) is 15.0 Å². The van der Waals surface area contributed by atoms with Gasteiger partial charge >= 0.3 is 0 Å². The summed E-state index contributed by atoms with van der Waals surface area (Å²) in [7, 11) is -3.58. The van der Waals surface area contributed by atoms with E-state index in [0.717, 1.165) is 17.8 Å². The predicted molar refractivity (Wildman–Crippen MR) is 111 cm³/mol. The molecule has 4 rings (SSSR count). The van der Waals surface area contributed by atoms with Gasteiger partial charge in [-0.3, -0.25) is 4.79 Å². The van der Waals surface area contributed by atoms with E-state index in [0.29, 0.717) is 23.7 Å². The molecule has 1 amide bonds. The third kappa shape index (κ3) is 4.40. The number of nitrogens with one attached hydrogen (secondary N) is 1. The van der Waals surface area contributed by atoms with E-state index in [1.54, 1.807) is 36.4 Å². The van der Waals surface area contributed by atoms with Crippen molar-refractivity contribution >= 4 is 33.0 Å². The van der Waals surface area contributed by atoms with E-state index in [4.69, 9.17) is 0 Å². The van der Waals surface area contributed by atoms with E-state index >= 15 is 0 Å². The average molecular weight is 447 g/mol. The molecular formula is C20H19FN4O3S2. The van der Waals surface area contributed by atoms with Crippen LogP contribution in [0.3, 0.4) is 0 Å². The Morgan fingerprint density at radius 3 is 2.70 bits per heavy atom. The Morgan fingerprint density at radius 2 is 1.93 bits per heavy atom. The van der Waals surface area contributed by atoms with E-state index in [1.165, 1.54) is 22.5 Å². The third-order valence-corrected chi connectivity index (χ3v) is 7.80. The maximum absolute atomic E-state index is 13.3. The fourth-order valence-electron chi connectivity index (χ4n) is 3.35. The summed E-state index contributed by atoms with van der Waals surface area (Å²) in [4.78, 5) is 12.7. The number of hydrogen-bond donors (Lipinski definition) is 1. The van der Waals surface area contributed by atoms with Gasteiger partial charge in [-0.2, -0.15) is 4.31 Å². The van der Waals surface area contributed by atoms with Crippen LogP contribution in [0.1, 0.15) is 33.6 Å². The van der Waals surface area contributed by atoms with Crippen LogP contribution in [0.25, 0.3) is 0 Å². The van der Waals surface area contributed by atoms with Crippen molar-refractivity contribution in [3.05, 3.63) is 70.4 Å². The summed E-state index contributed by atoms with van der Waals surface area (Å²) < 4.78 is 40.6. The van der Waals surface area contributed by atoms with Crippen LogP contribution in [0.5, 0.6) is 0 Å². The number of benzene rings is 2. The largest absolute Gasteiger partial charge is 0.320 e. The monoisotopic (exact) mass is 446 g/mol. The van der Waals surface area contributed by atoms with Gasteiger partial charge in [-0.05, 0) is 43.2 Å². The summed E-state index contributed by atoms with van der Waals surface area (Å²) >= 11 is 1.13. The molecule has 1 saturated heterocycles. The Bertz CT molecular complexity index is 1150. The van der Waals surface area contributed by atoms with E-state index in [1.807, 2.05) is 0 Å². The summed E-state index contributed by atoms with van der Waals surface area (Å²) in [5.41, 5.74) is 0.328. The zero-order chi connectivity index (χ0) is 21.1. The highest BCUT2D eigenvalue weighted by Crippen LogP contribution is 2.32. The highest BCUT2D eigenvalue weighted by atomic mass is 32.2. The second-order valence-corrected chi connectivity index (χ2v) is 9.87. The molecule has 2 heterocycles. The van der Waals surface area contributed by atoms with Crippen LogP contribution in [0, 0.1) is 5.82 Å². The average Bonchev–Trinajstić information content (AvgIpc) is 3.25. The van der Waals surface area contributed by atoms with Gasteiger partial charge in [0.1, 0.15) is 10.8 Å². The highest BCUT2D eigenvalue weighted by molar-refractivity contribution is 7.89. The second kappa shape index (κ2) is 8.58. The molecule has 1 aliphatic heterocycles. The predicted octanol–water partition coefficient (Wildman–Crippen LogP) is 3.50. The first kappa shape index (κ1) is 20.6. The minimum Gasteiger partial charge on any atom is -0.320 e. The van der Waals surface area contributed by atoms with Crippen LogP contribution in [-0.4, -0.2) is 41.9 Å². The smallest absolute Gasteiger partial charge is 0.286 e. The first-order valence-electron chi connectivity index (χ1n) is 9.39. The van der Waals surface area contributed by atoms with Gasteiger partial charge in [-0.1, -0.05) is 35.6 Å². The fourth-order valence-corrected chi connectivity index (χ4v) is 5.75. The number of aromatic nitrogens is 2. The number of nitrogens with zero attached hydrogens (tertiary/aromatic N) is 3. The van der Waals surface area contributed by atoms with Crippen molar-refractivity contribution < 1.29 is 17.6 Å². The molecule has 10 heteroatoms. The van der Waals surface area contributed by atoms with E-state index in [2.05, 4.69) is 15.5 Å². The molecule has 30 heavy (non-hydrogen) atoms. The quantitative estimate of drug-likeness (QED) is 0.648. The Labute approximate surface area is 177 Å². The number of piperidine rings is 1. The summed E-state index contributed by atoms with van der Waals surface area (Å²) in [6.45, 7) is 0.733. The van der Waals surface area contributed by atoms with Crippen molar-refractivity contribution in [3.8, 4) is 0 Å². The van der Waals surface area contributed by atoms with Crippen molar-refractivity contribution in [3.63, 3.8) is 0 Å². The number of halogens is 1. The van der Waals surface area contributed by atoms with E-state index in [-0.39, 0.29) is 22.4 Å². The lowest BCUT2D eigenvalue weighted by atomic mass is 10.0. The Hall–Kier alpha value is -2.69. The van der Waals surface area contributed by atoms with Crippen LogP contribution < -0.4 is 5.32 Å². The molecule has 0 aliphatic carbocycles. The van der Waals surface area contributed by atoms with Crippen molar-refractivity contribution in [2.24, 2.45) is 0 Å². The lowest BCUT2D eigenvalue weighted by Crippen LogP contribution is -2.39.